The van der Waals surface area contributed by atoms with Gasteiger partial charge in [0.05, 0.1) is 13.2 Å². The van der Waals surface area contributed by atoms with Crippen molar-refractivity contribution < 1.29 is 38.0 Å². The molecule has 0 aromatic carbocycles. The van der Waals surface area contributed by atoms with Crippen molar-refractivity contribution in [2.45, 2.75) is 37.9 Å². The summed E-state index contributed by atoms with van der Waals surface area (Å²) in [5, 5.41) is 0. The van der Waals surface area contributed by atoms with Crippen LogP contribution in [0.1, 0.15) is 25.7 Å². The minimum absolute atomic E-state index is 0.273. The predicted molar refractivity (Wildman–Crippen MR) is 79.5 cm³/mol. The van der Waals surface area contributed by atoms with E-state index in [0.29, 0.717) is 38.3 Å². The highest BCUT2D eigenvalue weighted by molar-refractivity contribution is 5.62. The van der Waals surface area contributed by atoms with Gasteiger partial charge in [0.15, 0.2) is 12.2 Å². The number of cyclic esters (lactones) is 4. The molecule has 0 aromatic rings. The third-order valence-electron chi connectivity index (χ3n) is 4.51. The lowest BCUT2D eigenvalue weighted by Gasteiger charge is -2.29. The van der Waals surface area contributed by atoms with Crippen molar-refractivity contribution in [2.24, 2.45) is 11.8 Å². The number of rotatable bonds is 8. The summed E-state index contributed by atoms with van der Waals surface area (Å²) < 4.78 is 30.7. The van der Waals surface area contributed by atoms with E-state index in [1.165, 1.54) is 0 Å². The molecule has 0 amide bonds. The molecule has 0 bridgehead atoms. The highest BCUT2D eigenvalue weighted by Crippen LogP contribution is 2.29. The molecule has 2 saturated heterocycles. The quantitative estimate of drug-likeness (QED) is 0.617. The van der Waals surface area contributed by atoms with E-state index in [0.717, 1.165) is 25.7 Å². The van der Waals surface area contributed by atoms with Gasteiger partial charge in [-0.25, -0.2) is 9.59 Å². The fourth-order valence-electron chi connectivity index (χ4n) is 3.33. The molecule has 1 aliphatic carbocycles. The first-order chi connectivity index (χ1) is 11.7. The molecule has 24 heavy (non-hydrogen) atoms. The molecular formula is C16H24O8. The molecule has 136 valence electrons. The summed E-state index contributed by atoms with van der Waals surface area (Å²) in [6.45, 7) is 2.65. The van der Waals surface area contributed by atoms with Crippen molar-refractivity contribution in [2.75, 3.05) is 39.6 Å². The smallest absolute Gasteiger partial charge is 0.430 e. The van der Waals surface area contributed by atoms with Crippen molar-refractivity contribution >= 4 is 12.3 Å². The SMILES string of the molecule is O=C1OCC(COCC2CCCC(COCC3COC(=O)O3)C2)O1. The van der Waals surface area contributed by atoms with Crippen LogP contribution >= 0.6 is 0 Å². The van der Waals surface area contributed by atoms with Crippen LogP contribution in [0.25, 0.3) is 0 Å². The van der Waals surface area contributed by atoms with Crippen LogP contribution in [0, 0.1) is 11.8 Å². The Labute approximate surface area is 140 Å². The first kappa shape index (κ1) is 17.3. The number of ether oxygens (including phenoxy) is 6. The van der Waals surface area contributed by atoms with Crippen molar-refractivity contribution in [1.29, 1.82) is 0 Å². The first-order valence-corrected chi connectivity index (χ1v) is 8.51. The van der Waals surface area contributed by atoms with Crippen LogP contribution in [0.5, 0.6) is 0 Å². The van der Waals surface area contributed by atoms with Crippen LogP contribution in [-0.2, 0) is 28.4 Å². The fourth-order valence-corrected chi connectivity index (χ4v) is 3.33. The second kappa shape index (κ2) is 8.53. The molecule has 4 unspecified atom stereocenters. The zero-order valence-corrected chi connectivity index (χ0v) is 13.6. The Kier molecular flexibility index (Phi) is 6.14. The van der Waals surface area contributed by atoms with Crippen LogP contribution < -0.4 is 0 Å². The van der Waals surface area contributed by atoms with Gasteiger partial charge in [-0.2, -0.15) is 0 Å². The number of carbonyl (C=O) groups excluding carboxylic acids is 2. The minimum Gasteiger partial charge on any atom is -0.430 e. The molecule has 3 rings (SSSR count). The van der Waals surface area contributed by atoms with Crippen LogP contribution in [0.4, 0.5) is 9.59 Å². The van der Waals surface area contributed by atoms with Crippen LogP contribution in [-0.4, -0.2) is 64.2 Å². The minimum atomic E-state index is -0.614. The highest BCUT2D eigenvalue weighted by Gasteiger charge is 2.28. The van der Waals surface area contributed by atoms with Crippen molar-refractivity contribution in [3.05, 3.63) is 0 Å². The second-order valence-electron chi connectivity index (χ2n) is 6.58. The molecule has 0 N–H and O–H groups in total. The summed E-state index contributed by atoms with van der Waals surface area (Å²) in [5.74, 6) is 0.996. The molecule has 2 aliphatic heterocycles. The van der Waals surface area contributed by atoms with Gasteiger partial charge in [-0.1, -0.05) is 6.42 Å². The molecule has 3 aliphatic rings. The third kappa shape index (κ3) is 5.24. The lowest BCUT2D eigenvalue weighted by molar-refractivity contribution is -0.000674. The largest absolute Gasteiger partial charge is 0.508 e. The van der Waals surface area contributed by atoms with E-state index in [1.54, 1.807) is 0 Å². The lowest BCUT2D eigenvalue weighted by atomic mass is 9.82. The molecule has 1 saturated carbocycles. The first-order valence-electron chi connectivity index (χ1n) is 8.51. The summed E-state index contributed by atoms with van der Waals surface area (Å²) in [7, 11) is 0. The van der Waals surface area contributed by atoms with E-state index in [1.807, 2.05) is 0 Å². The van der Waals surface area contributed by atoms with Gasteiger partial charge in [0, 0.05) is 13.2 Å². The van der Waals surface area contributed by atoms with Gasteiger partial charge in [-0.3, -0.25) is 0 Å². The molecule has 0 radical (unpaired) electrons. The lowest BCUT2D eigenvalue weighted by Crippen LogP contribution is -2.27. The average Bonchev–Trinajstić information content (AvgIpc) is 3.16. The van der Waals surface area contributed by atoms with Gasteiger partial charge < -0.3 is 28.4 Å². The van der Waals surface area contributed by atoms with Gasteiger partial charge in [-0.15, -0.1) is 0 Å². The molecule has 4 atom stereocenters. The maximum atomic E-state index is 10.8. The number of hydrogen-bond donors (Lipinski definition) is 0. The Morgan fingerprint density at radius 1 is 0.792 bits per heavy atom. The monoisotopic (exact) mass is 344 g/mol. The van der Waals surface area contributed by atoms with E-state index >= 15 is 0 Å². The second-order valence-corrected chi connectivity index (χ2v) is 6.58. The topological polar surface area (TPSA) is 89.5 Å². The normalized spacial score (nSPS) is 32.8. The summed E-state index contributed by atoms with van der Waals surface area (Å²) in [6, 6.07) is 0. The summed E-state index contributed by atoms with van der Waals surface area (Å²) in [4.78, 5) is 21.7. The van der Waals surface area contributed by atoms with Crippen molar-refractivity contribution in [3.63, 3.8) is 0 Å². The molecule has 2 heterocycles. The van der Waals surface area contributed by atoms with Crippen LogP contribution in [0.3, 0.4) is 0 Å². The molecule has 8 heteroatoms. The molecule has 8 nitrogen and oxygen atoms in total. The molecular weight excluding hydrogens is 320 g/mol. The standard InChI is InChI=1S/C16H24O8/c17-15-21-9-13(23-15)7-19-5-11-2-1-3-12(4-11)6-20-8-14-10-22-16(18)24-14/h11-14H,1-10H2. The van der Waals surface area contributed by atoms with E-state index < -0.39 is 12.3 Å². The van der Waals surface area contributed by atoms with E-state index in [4.69, 9.17) is 28.4 Å². The summed E-state index contributed by atoms with van der Waals surface area (Å²) >= 11 is 0. The van der Waals surface area contributed by atoms with Gasteiger partial charge in [0.1, 0.15) is 13.2 Å². The summed E-state index contributed by atoms with van der Waals surface area (Å²) in [5.41, 5.74) is 0. The third-order valence-corrected chi connectivity index (χ3v) is 4.51. The summed E-state index contributed by atoms with van der Waals surface area (Å²) in [6.07, 6.45) is 2.71. The Morgan fingerprint density at radius 3 is 1.71 bits per heavy atom. The zero-order chi connectivity index (χ0) is 16.8. The molecule has 3 fully saturated rings. The predicted octanol–water partition coefficient (Wildman–Crippen LogP) is 1.90. The van der Waals surface area contributed by atoms with Gasteiger partial charge in [-0.05, 0) is 31.1 Å². The van der Waals surface area contributed by atoms with E-state index in [-0.39, 0.29) is 25.4 Å². The van der Waals surface area contributed by atoms with Crippen molar-refractivity contribution in [3.8, 4) is 0 Å². The molecule has 0 spiro atoms. The Morgan fingerprint density at radius 2 is 1.29 bits per heavy atom. The van der Waals surface area contributed by atoms with Crippen molar-refractivity contribution in [1.82, 2.24) is 0 Å². The van der Waals surface area contributed by atoms with Crippen LogP contribution in [0.2, 0.25) is 0 Å². The molecule has 0 aromatic heterocycles. The maximum absolute atomic E-state index is 10.8. The van der Waals surface area contributed by atoms with E-state index in [9.17, 15) is 9.59 Å². The zero-order valence-electron chi connectivity index (χ0n) is 13.6. The Balaban J connectivity index is 1.26. The maximum Gasteiger partial charge on any atom is 0.508 e. The highest BCUT2D eigenvalue weighted by atomic mass is 16.8. The Bertz CT molecular complexity index is 402. The van der Waals surface area contributed by atoms with Crippen LogP contribution in [0.15, 0.2) is 0 Å². The van der Waals surface area contributed by atoms with Gasteiger partial charge in [0.25, 0.3) is 0 Å². The number of carbonyl (C=O) groups is 2. The van der Waals surface area contributed by atoms with Gasteiger partial charge >= 0.3 is 12.3 Å². The number of hydrogen-bond acceptors (Lipinski definition) is 8. The van der Waals surface area contributed by atoms with Gasteiger partial charge in [0.2, 0.25) is 0 Å². The fraction of sp³-hybridized carbons (Fsp3) is 0.875. The average molecular weight is 344 g/mol. The van der Waals surface area contributed by atoms with E-state index in [2.05, 4.69) is 0 Å². The Hall–Kier alpha value is -1.54.